The summed E-state index contributed by atoms with van der Waals surface area (Å²) in [4.78, 5) is 36.7. The Morgan fingerprint density at radius 2 is 1.85 bits per heavy atom. The molecule has 1 atom stereocenters. The summed E-state index contributed by atoms with van der Waals surface area (Å²) in [5, 5.41) is 7.22. The van der Waals surface area contributed by atoms with Gasteiger partial charge >= 0.3 is 0 Å². The first kappa shape index (κ1) is 26.0. The fourth-order valence-electron chi connectivity index (χ4n) is 5.17. The summed E-state index contributed by atoms with van der Waals surface area (Å²) in [6, 6.07) is 17.5. The van der Waals surface area contributed by atoms with E-state index in [1.807, 2.05) is 60.4 Å². The summed E-state index contributed by atoms with van der Waals surface area (Å²) in [7, 11) is 1.83. The van der Waals surface area contributed by atoms with Gasteiger partial charge in [0.1, 0.15) is 5.82 Å². The molecule has 1 unspecified atom stereocenters. The maximum atomic E-state index is 13.4. The molecular formula is C31H30N8O2. The maximum absolute atomic E-state index is 13.4. The van der Waals surface area contributed by atoms with Crippen molar-refractivity contribution in [2.45, 2.75) is 19.0 Å². The number of pyridine rings is 1. The summed E-state index contributed by atoms with van der Waals surface area (Å²) in [5.74, 6) is -0.206. The number of imidazole rings is 1. The van der Waals surface area contributed by atoms with Gasteiger partial charge in [-0.05, 0) is 47.4 Å². The Kier molecular flexibility index (Phi) is 7.03. The van der Waals surface area contributed by atoms with E-state index in [4.69, 9.17) is 5.73 Å². The zero-order valence-electron chi connectivity index (χ0n) is 22.6. The van der Waals surface area contributed by atoms with Crippen molar-refractivity contribution < 1.29 is 9.59 Å². The third kappa shape index (κ3) is 5.72. The molecule has 6 rings (SSSR count). The Labute approximate surface area is 237 Å². The fourth-order valence-corrected chi connectivity index (χ4v) is 5.17. The van der Waals surface area contributed by atoms with Crippen molar-refractivity contribution >= 4 is 17.6 Å². The second-order valence-electron chi connectivity index (χ2n) is 10.3. The number of aryl methyl sites for hydroxylation is 1. The number of benzene rings is 2. The van der Waals surface area contributed by atoms with Crippen LogP contribution < -0.4 is 11.1 Å². The molecule has 1 aliphatic heterocycles. The van der Waals surface area contributed by atoms with Crippen LogP contribution in [-0.4, -0.2) is 60.2 Å². The van der Waals surface area contributed by atoms with E-state index in [9.17, 15) is 9.59 Å². The normalized spacial score (nSPS) is 14.8. The topological polar surface area (TPSA) is 124 Å². The van der Waals surface area contributed by atoms with Crippen LogP contribution in [0.15, 0.2) is 91.9 Å². The molecule has 10 nitrogen and oxygen atoms in total. The van der Waals surface area contributed by atoms with E-state index in [1.165, 1.54) is 0 Å². The number of nitrogens with one attached hydrogen (secondary N) is 1. The fraction of sp³-hybridized carbons (Fsp3) is 0.194. The molecule has 0 saturated carbocycles. The molecule has 206 valence electrons. The molecule has 0 aliphatic carbocycles. The number of nitrogens with two attached hydrogens (primary N) is 1. The summed E-state index contributed by atoms with van der Waals surface area (Å²) < 4.78 is 3.70. The number of nitrogens with zero attached hydrogens (tertiary/aromatic N) is 6. The van der Waals surface area contributed by atoms with Gasteiger partial charge in [-0.3, -0.25) is 14.3 Å². The van der Waals surface area contributed by atoms with Crippen molar-refractivity contribution in [3.8, 4) is 22.3 Å². The number of likely N-dealkylation sites (tertiary alicyclic amines) is 1. The molecule has 2 aromatic carbocycles. The lowest BCUT2D eigenvalue weighted by Gasteiger charge is -2.18. The molecule has 0 bridgehead atoms. The lowest BCUT2D eigenvalue weighted by molar-refractivity contribution is 0.0783. The monoisotopic (exact) mass is 546 g/mol. The summed E-state index contributed by atoms with van der Waals surface area (Å²) >= 11 is 0. The predicted molar refractivity (Wildman–Crippen MR) is 156 cm³/mol. The average molecular weight is 547 g/mol. The number of carbonyl (C=O) groups is 2. The van der Waals surface area contributed by atoms with Gasteiger partial charge in [0, 0.05) is 74.2 Å². The molecule has 2 amide bonds. The van der Waals surface area contributed by atoms with Crippen LogP contribution in [0.25, 0.3) is 22.3 Å². The zero-order valence-corrected chi connectivity index (χ0v) is 22.6. The highest BCUT2D eigenvalue weighted by Crippen LogP contribution is 2.25. The molecule has 1 fully saturated rings. The Bertz CT molecular complexity index is 1710. The van der Waals surface area contributed by atoms with Crippen LogP contribution in [0, 0.1) is 0 Å². The molecular weight excluding hydrogens is 516 g/mol. The van der Waals surface area contributed by atoms with Crippen molar-refractivity contribution in [3.05, 3.63) is 109 Å². The minimum atomic E-state index is -0.308. The summed E-state index contributed by atoms with van der Waals surface area (Å²) in [6.45, 7) is 1.70. The minimum absolute atomic E-state index is 0.0575. The van der Waals surface area contributed by atoms with Crippen LogP contribution in [-0.2, 0) is 13.6 Å². The smallest absolute Gasteiger partial charge is 0.255 e. The van der Waals surface area contributed by atoms with Crippen molar-refractivity contribution in [3.63, 3.8) is 0 Å². The molecule has 41 heavy (non-hydrogen) atoms. The highest BCUT2D eigenvalue weighted by Gasteiger charge is 2.29. The predicted octanol–water partition coefficient (Wildman–Crippen LogP) is 3.62. The summed E-state index contributed by atoms with van der Waals surface area (Å²) in [5.41, 5.74) is 11.7. The van der Waals surface area contributed by atoms with Gasteiger partial charge in [0.2, 0.25) is 0 Å². The van der Waals surface area contributed by atoms with Gasteiger partial charge in [-0.2, -0.15) is 5.10 Å². The molecule has 0 spiro atoms. The number of rotatable bonds is 7. The van der Waals surface area contributed by atoms with Crippen molar-refractivity contribution in [1.82, 2.24) is 34.5 Å². The lowest BCUT2D eigenvalue weighted by atomic mass is 10.0. The third-order valence-electron chi connectivity index (χ3n) is 7.31. The SMILES string of the molecule is Cn1cc(-c2cnc(N)c(C(=O)NC3CCN(C(=O)c4cccc(-c5cccc(Cn6ccnc6)c5)c4)C3)c2)cn1. The maximum Gasteiger partial charge on any atom is 0.255 e. The van der Waals surface area contributed by atoms with Gasteiger partial charge in [0.25, 0.3) is 11.8 Å². The van der Waals surface area contributed by atoms with Crippen LogP contribution in [0.4, 0.5) is 5.82 Å². The average Bonchev–Trinajstić information content (AvgIpc) is 3.76. The van der Waals surface area contributed by atoms with Crippen molar-refractivity contribution in [1.29, 1.82) is 0 Å². The van der Waals surface area contributed by atoms with Gasteiger partial charge < -0.3 is 20.5 Å². The molecule has 3 aromatic heterocycles. The molecule has 4 heterocycles. The number of carbonyl (C=O) groups excluding carboxylic acids is 2. The highest BCUT2D eigenvalue weighted by molar-refractivity contribution is 6.00. The Balaban J connectivity index is 1.12. The number of aromatic nitrogens is 5. The summed E-state index contributed by atoms with van der Waals surface area (Å²) in [6.07, 6.45) is 11.3. The number of amides is 2. The second-order valence-corrected chi connectivity index (χ2v) is 10.3. The van der Waals surface area contributed by atoms with Gasteiger partial charge in [-0.1, -0.05) is 30.3 Å². The molecule has 0 radical (unpaired) electrons. The Hall–Kier alpha value is -5.25. The zero-order chi connectivity index (χ0) is 28.3. The number of anilines is 1. The van der Waals surface area contributed by atoms with E-state index in [0.29, 0.717) is 30.6 Å². The second kappa shape index (κ2) is 11.1. The standard InChI is InChI=1S/C31H30N8O2/c1-37-18-26(16-35-37)25-14-28(29(32)34-15-25)30(40)36-27-8-10-39(19-27)31(41)24-7-3-6-23(13-24)22-5-2-4-21(12-22)17-38-11-9-33-20-38/h2-7,9,11-16,18,20,27H,8,10,17,19H2,1H3,(H2,32,34)(H,36,40). The van der Waals surface area contributed by atoms with Crippen molar-refractivity contribution in [2.24, 2.45) is 7.05 Å². The van der Waals surface area contributed by atoms with Gasteiger partial charge in [-0.25, -0.2) is 9.97 Å². The van der Waals surface area contributed by atoms with E-state index >= 15 is 0 Å². The molecule has 3 N–H and O–H groups in total. The largest absolute Gasteiger partial charge is 0.383 e. The first-order valence-electron chi connectivity index (χ1n) is 13.4. The quantitative estimate of drug-likeness (QED) is 0.321. The van der Waals surface area contributed by atoms with Crippen molar-refractivity contribution in [2.75, 3.05) is 18.8 Å². The minimum Gasteiger partial charge on any atom is -0.383 e. The molecule has 1 aliphatic rings. The molecule has 10 heteroatoms. The third-order valence-corrected chi connectivity index (χ3v) is 7.31. The van der Waals surface area contributed by atoms with Crippen LogP contribution in [0.5, 0.6) is 0 Å². The van der Waals surface area contributed by atoms with E-state index in [1.54, 1.807) is 40.6 Å². The van der Waals surface area contributed by atoms with Gasteiger partial charge in [0.05, 0.1) is 18.1 Å². The van der Waals surface area contributed by atoms with Crippen LogP contribution in [0.2, 0.25) is 0 Å². The number of hydrogen-bond acceptors (Lipinski definition) is 6. The first-order chi connectivity index (χ1) is 19.9. The number of hydrogen-bond donors (Lipinski definition) is 2. The van der Waals surface area contributed by atoms with E-state index < -0.39 is 0 Å². The first-order valence-corrected chi connectivity index (χ1v) is 13.4. The van der Waals surface area contributed by atoms with Gasteiger partial charge in [-0.15, -0.1) is 0 Å². The lowest BCUT2D eigenvalue weighted by Crippen LogP contribution is -2.38. The van der Waals surface area contributed by atoms with Crippen LogP contribution in [0.1, 0.15) is 32.7 Å². The molecule has 5 aromatic rings. The molecule has 1 saturated heterocycles. The van der Waals surface area contributed by atoms with E-state index in [0.717, 1.165) is 34.4 Å². The van der Waals surface area contributed by atoms with E-state index in [-0.39, 0.29) is 23.7 Å². The van der Waals surface area contributed by atoms with Crippen LogP contribution in [0.3, 0.4) is 0 Å². The van der Waals surface area contributed by atoms with E-state index in [2.05, 4.69) is 32.5 Å². The number of nitrogen functional groups attached to an aromatic ring is 1. The van der Waals surface area contributed by atoms with Gasteiger partial charge in [0.15, 0.2) is 0 Å². The Morgan fingerprint density at radius 3 is 2.63 bits per heavy atom. The Morgan fingerprint density at radius 1 is 1.02 bits per heavy atom. The highest BCUT2D eigenvalue weighted by atomic mass is 16.2. The van der Waals surface area contributed by atoms with Crippen LogP contribution >= 0.6 is 0 Å².